The van der Waals surface area contributed by atoms with E-state index in [9.17, 15) is 0 Å². The van der Waals surface area contributed by atoms with Crippen molar-refractivity contribution in [1.82, 2.24) is 27.6 Å². The molecule has 18 heteroatoms. The Bertz CT molecular complexity index is 2310. The van der Waals surface area contributed by atoms with Gasteiger partial charge in [0.25, 0.3) is 0 Å². The quantitative estimate of drug-likeness (QED) is 0.221. The predicted octanol–water partition coefficient (Wildman–Crippen LogP) is 0.959. The summed E-state index contributed by atoms with van der Waals surface area (Å²) in [5.41, 5.74) is 15.1. The van der Waals surface area contributed by atoms with Crippen molar-refractivity contribution in [1.29, 1.82) is 0 Å². The van der Waals surface area contributed by atoms with Crippen molar-refractivity contribution >= 4 is 60.3 Å². The van der Waals surface area contributed by atoms with Crippen LogP contribution < -0.4 is 55.4 Å². The topological polar surface area (TPSA) is 114 Å². The number of aryl methyl sites for hydroxylation is 6. The fourth-order valence-corrected chi connectivity index (χ4v) is 8.62. The van der Waals surface area contributed by atoms with Crippen LogP contribution >= 0.6 is 0 Å². The average molecular weight is 1050 g/mol. The Kier molecular flexibility index (Phi) is 22.8. The second-order valence-corrected chi connectivity index (χ2v) is 25.9. The summed E-state index contributed by atoms with van der Waals surface area (Å²) >= 11 is 0. The van der Waals surface area contributed by atoms with E-state index in [-0.39, 0.29) is 103 Å². The molecule has 6 heterocycles. The summed E-state index contributed by atoms with van der Waals surface area (Å²) in [5.74, 6) is 0. The molecule has 0 fully saturated rings. The van der Waals surface area contributed by atoms with Crippen LogP contribution in [0.5, 0.6) is 0 Å². The van der Waals surface area contributed by atoms with Crippen LogP contribution in [0.2, 0.25) is 0 Å². The molecule has 0 bridgehead atoms. The fourth-order valence-electron chi connectivity index (χ4n) is 8.62. The molecule has 72 heavy (non-hydrogen) atoms. The maximum absolute atomic E-state index is 3.74. The van der Waals surface area contributed by atoms with Crippen LogP contribution in [0.3, 0.4) is 0 Å². The van der Waals surface area contributed by atoms with E-state index in [4.69, 9.17) is 0 Å². The molecule has 0 unspecified atom stereocenters. The normalized spacial score (nSPS) is 12.2. The van der Waals surface area contributed by atoms with Crippen molar-refractivity contribution in [2.24, 2.45) is 0 Å². The van der Waals surface area contributed by atoms with Gasteiger partial charge in [-0.3, -0.25) is 27.6 Å². The van der Waals surface area contributed by atoms with Crippen LogP contribution in [0.4, 0.5) is 0 Å². The van der Waals surface area contributed by atoms with Gasteiger partial charge in [-0.1, -0.05) is 161 Å². The minimum absolute atomic E-state index is 0. The van der Waals surface area contributed by atoms with Crippen molar-refractivity contribution in [2.75, 3.05) is 0 Å². The Morgan fingerprint density at radius 2 is 0.375 bits per heavy atom. The first-order valence-corrected chi connectivity index (χ1v) is 25.0. The van der Waals surface area contributed by atoms with Crippen molar-refractivity contribution in [3.05, 3.63) is 141 Å². The number of aromatic amines is 6. The van der Waals surface area contributed by atoms with Crippen molar-refractivity contribution in [2.45, 2.75) is 199 Å². The van der Waals surface area contributed by atoms with E-state index >= 15 is 0 Å². The number of nitrogens with zero attached hydrogens (tertiary/aromatic N) is 6. The van der Waals surface area contributed by atoms with Gasteiger partial charge in [-0.25, -0.2) is 0 Å². The molecule has 0 aliphatic heterocycles. The third kappa shape index (κ3) is 15.9. The largest absolute Gasteiger partial charge is 2.00 e. The maximum Gasteiger partial charge on any atom is 2.00 e. The van der Waals surface area contributed by atoms with Gasteiger partial charge in [0.15, 0.2) is 0 Å². The molecular formula is C54H92B2Cl2Mg2N12+6. The monoisotopic (exact) mass is 1050 g/mol. The van der Waals surface area contributed by atoms with Gasteiger partial charge in [0.1, 0.15) is 0 Å². The molecule has 0 aliphatic carbocycles. The van der Waals surface area contributed by atoms with Crippen molar-refractivity contribution < 1.29 is 55.4 Å². The molecule has 6 N–H and O–H groups in total. The molecule has 386 valence electrons. The Morgan fingerprint density at radius 1 is 0.264 bits per heavy atom. The molecule has 6 aromatic heterocycles. The number of hydrogen-bond acceptors (Lipinski definition) is 0. The van der Waals surface area contributed by atoms with E-state index in [0.29, 0.717) is 0 Å². The van der Waals surface area contributed by atoms with Crippen molar-refractivity contribution in [3.8, 4) is 0 Å². The first kappa shape index (κ1) is 66.7. The van der Waals surface area contributed by atoms with Gasteiger partial charge in [-0.05, 0) is 41.5 Å². The number of nitrogens with one attached hydrogen (secondary N) is 6. The van der Waals surface area contributed by atoms with Crippen LogP contribution in [0, 0.1) is 41.5 Å². The molecule has 0 radical (unpaired) electrons. The SMILES string of the molecule is Cc1cc(C(C)(C)C)[nH+]n1[BH-](n1[nH+]c(C(C)(C)C)cc1C)n1[nH+]c(C(C)(C)C)cc1C.Cc1cc(C(C)(C)C)[nH+]n1[BH-](n1[nH+]c(C(C)(C)C)cc1C)n1[nH+]c(C(C)(C)C)cc1C.[Cl-].[Cl-].[Mg+2].[Mg+2].c1ccccc1. The van der Waals surface area contributed by atoms with Gasteiger partial charge in [-0.2, -0.15) is 30.6 Å². The van der Waals surface area contributed by atoms with Crippen LogP contribution in [0.15, 0.2) is 72.8 Å². The number of rotatable bonds is 6. The zero-order chi connectivity index (χ0) is 51.3. The molecule has 7 rings (SSSR count). The van der Waals surface area contributed by atoms with Gasteiger partial charge in [0.2, 0.25) is 34.2 Å². The standard InChI is InChI=1S/2C24H40BN6.C6H6.2ClH.2Mg/c2*1-16-13-19(22(4,5)6)26-29(16)25(30-17(2)14-20(27-30)23(7,8)9)31-18(3)15-21(28-31)24(10,11)12;1-2-4-6-5-3-1;;;;/h2*13-15,25H,1-12H3;1-6H;2*1H;;/q2*-1;;;;2*+2/p+4. The van der Waals surface area contributed by atoms with Crippen LogP contribution in [0.1, 0.15) is 193 Å². The van der Waals surface area contributed by atoms with Crippen molar-refractivity contribution in [3.63, 3.8) is 0 Å². The Balaban J connectivity index is 0.000000612. The average Bonchev–Trinajstić information content (AvgIpc) is 4.06. The molecular weight excluding hydrogens is 958 g/mol. The van der Waals surface area contributed by atoms with E-state index < -0.39 is 14.2 Å². The predicted molar refractivity (Wildman–Crippen MR) is 291 cm³/mol. The minimum Gasteiger partial charge on any atom is -1.00 e. The molecule has 0 atom stereocenters. The molecule has 7 aromatic rings. The third-order valence-corrected chi connectivity index (χ3v) is 13.4. The van der Waals surface area contributed by atoms with Crippen LogP contribution in [-0.4, -0.2) is 87.9 Å². The maximum atomic E-state index is 3.74. The second kappa shape index (κ2) is 24.6. The van der Waals surface area contributed by atoms with Gasteiger partial charge in [0, 0.05) is 103 Å². The summed E-state index contributed by atoms with van der Waals surface area (Å²) in [7, 11) is -2.50. The second-order valence-electron chi connectivity index (χ2n) is 25.9. The van der Waals surface area contributed by atoms with E-state index in [1.807, 2.05) is 36.4 Å². The molecule has 0 saturated heterocycles. The van der Waals surface area contributed by atoms with E-state index in [1.165, 1.54) is 68.3 Å². The van der Waals surface area contributed by atoms with Gasteiger partial charge in [-0.15, -0.1) is 0 Å². The van der Waals surface area contributed by atoms with Gasteiger partial charge >= 0.3 is 60.3 Å². The summed E-state index contributed by atoms with van der Waals surface area (Å²) in [6.45, 7) is 53.7. The Morgan fingerprint density at radius 3 is 0.458 bits per heavy atom. The molecule has 0 saturated carbocycles. The summed E-state index contributed by atoms with van der Waals surface area (Å²) in [4.78, 5) is 0. The number of hydrogen-bond donors (Lipinski definition) is 0. The first-order valence-electron chi connectivity index (χ1n) is 25.0. The number of aromatic nitrogens is 12. The van der Waals surface area contributed by atoms with Gasteiger partial charge < -0.3 is 24.8 Å². The zero-order valence-corrected chi connectivity index (χ0v) is 53.5. The molecule has 1 aromatic carbocycles. The summed E-state index contributed by atoms with van der Waals surface area (Å²) in [6, 6.07) is 25.7. The summed E-state index contributed by atoms with van der Waals surface area (Å²) in [6.07, 6.45) is 0. The molecule has 0 amide bonds. The van der Waals surface area contributed by atoms with Crippen LogP contribution in [-0.2, 0) is 32.5 Å². The van der Waals surface area contributed by atoms with E-state index in [2.05, 4.69) is 261 Å². The number of halogens is 2. The molecule has 0 aliphatic rings. The molecule has 0 spiro atoms. The Labute approximate surface area is 479 Å². The van der Waals surface area contributed by atoms with E-state index in [0.717, 1.165) is 0 Å². The summed E-state index contributed by atoms with van der Waals surface area (Å²) in [5, 5.41) is 22.4. The minimum atomic E-state index is -1.25. The third-order valence-electron chi connectivity index (χ3n) is 13.4. The summed E-state index contributed by atoms with van der Waals surface area (Å²) < 4.78 is 14.0. The van der Waals surface area contributed by atoms with E-state index in [1.54, 1.807) is 0 Å². The molecule has 12 nitrogen and oxygen atoms in total. The van der Waals surface area contributed by atoms with Crippen LogP contribution in [0.25, 0.3) is 0 Å². The fraction of sp³-hybridized carbons (Fsp3) is 0.556. The van der Waals surface area contributed by atoms with Gasteiger partial charge in [0.05, 0.1) is 0 Å². The number of H-pyrrole nitrogens is 6. The number of benzene rings is 1. The zero-order valence-electron chi connectivity index (χ0n) is 49.2. The first-order chi connectivity index (χ1) is 31.0. The Hall–Kier alpha value is -3.28. The smallest absolute Gasteiger partial charge is 1.00 e.